The summed E-state index contributed by atoms with van der Waals surface area (Å²) in [6.45, 7) is 7.41. The van der Waals surface area contributed by atoms with Crippen LogP contribution in [-0.4, -0.2) is 46.8 Å². The van der Waals surface area contributed by atoms with Crippen LogP contribution >= 0.6 is 30.1 Å². The van der Waals surface area contributed by atoms with Crippen LogP contribution in [-0.2, 0) is 14.2 Å². The van der Waals surface area contributed by atoms with Gasteiger partial charge in [-0.2, -0.15) is 0 Å². The zero-order valence-electron chi connectivity index (χ0n) is 14.0. The van der Waals surface area contributed by atoms with E-state index in [4.69, 9.17) is 18.9 Å². The largest absolute Gasteiger partial charge is 0.491 e. The van der Waals surface area contributed by atoms with Gasteiger partial charge in [-0.3, -0.25) is 0 Å². The first-order valence-electron chi connectivity index (χ1n) is 7.52. The molecule has 0 heterocycles. The lowest BCUT2D eigenvalue weighted by Gasteiger charge is -2.07. The second-order valence-corrected chi connectivity index (χ2v) is 5.57. The molecule has 0 fully saturated rings. The predicted molar refractivity (Wildman–Crippen MR) is 105 cm³/mol. The van der Waals surface area contributed by atoms with Gasteiger partial charge in [-0.1, -0.05) is 19.8 Å². The molecule has 0 spiro atoms. The zero-order chi connectivity index (χ0) is 17.2. The van der Waals surface area contributed by atoms with Crippen molar-refractivity contribution in [3.63, 3.8) is 0 Å². The summed E-state index contributed by atoms with van der Waals surface area (Å²) in [6.07, 6.45) is 0. The van der Waals surface area contributed by atoms with E-state index in [9.17, 15) is 0 Å². The average Bonchev–Trinajstić information content (AvgIpc) is 2.61. The number of hydrogen-bond donors (Lipinski definition) is 0. The van der Waals surface area contributed by atoms with Crippen molar-refractivity contribution in [2.45, 2.75) is 13.8 Å². The van der Waals surface area contributed by atoms with Gasteiger partial charge in [0.2, 0.25) is 0 Å². The summed E-state index contributed by atoms with van der Waals surface area (Å²) >= 11 is 2.15. The highest BCUT2D eigenvalue weighted by Gasteiger charge is 1.95. The molecule has 4 nitrogen and oxygen atoms in total. The molecule has 6 heteroatoms. The minimum absolute atomic E-state index is 0.521. The van der Waals surface area contributed by atoms with E-state index >= 15 is 0 Å². The van der Waals surface area contributed by atoms with Crippen molar-refractivity contribution in [1.82, 2.24) is 0 Å². The molecular formula is C17H25IO4S. The predicted octanol–water partition coefficient (Wildman–Crippen LogP) is 4.16. The summed E-state index contributed by atoms with van der Waals surface area (Å²) in [4.78, 5) is 0. The molecule has 1 aromatic rings. The summed E-state index contributed by atoms with van der Waals surface area (Å²) in [6, 6.07) is 7.71. The Morgan fingerprint density at radius 2 is 1.48 bits per heavy atom. The van der Waals surface area contributed by atoms with Crippen LogP contribution in [0.3, 0.4) is 0 Å². The Morgan fingerprint density at radius 1 is 0.913 bits per heavy atom. The summed E-state index contributed by atoms with van der Waals surface area (Å²) in [5.41, 5.74) is 0.982. The summed E-state index contributed by atoms with van der Waals surface area (Å²) in [5.74, 6) is 3.85. The Kier molecular flexibility index (Phi) is 17.5. The van der Waals surface area contributed by atoms with E-state index in [1.807, 2.05) is 38.1 Å². The minimum atomic E-state index is 0.521. The lowest BCUT2D eigenvalue weighted by atomic mass is 10.2. The van der Waals surface area contributed by atoms with E-state index in [1.165, 1.54) is 8.93 Å². The van der Waals surface area contributed by atoms with Crippen molar-refractivity contribution in [3.05, 3.63) is 29.8 Å². The van der Waals surface area contributed by atoms with Gasteiger partial charge in [-0.05, 0) is 38.5 Å². The molecular weight excluding hydrogens is 427 g/mol. The normalized spacial score (nSPS) is 9.39. The van der Waals surface area contributed by atoms with Crippen LogP contribution in [0.4, 0.5) is 0 Å². The van der Waals surface area contributed by atoms with Crippen LogP contribution in [0.1, 0.15) is 19.4 Å². The van der Waals surface area contributed by atoms with E-state index in [1.54, 1.807) is 7.11 Å². The van der Waals surface area contributed by atoms with Crippen LogP contribution in [0.5, 0.6) is 5.75 Å². The third-order valence-electron chi connectivity index (χ3n) is 2.39. The number of halogens is 1. The Balaban J connectivity index is 0.00000232. The number of methoxy groups -OCH3 is 1. The fraction of sp³-hybridized carbons (Fsp3) is 0.529. The Morgan fingerprint density at radius 3 is 2.04 bits per heavy atom. The van der Waals surface area contributed by atoms with Crippen LogP contribution in [0.15, 0.2) is 24.3 Å². The Bertz CT molecular complexity index is 428. The lowest BCUT2D eigenvalue weighted by Crippen LogP contribution is -2.12. The van der Waals surface area contributed by atoms with Gasteiger partial charge in [0.25, 0.3) is 0 Å². The Hall–Kier alpha value is -0.460. The van der Waals surface area contributed by atoms with Crippen molar-refractivity contribution in [2.75, 3.05) is 46.8 Å². The average molecular weight is 452 g/mol. The van der Waals surface area contributed by atoms with E-state index in [-0.39, 0.29) is 0 Å². The first kappa shape index (κ1) is 22.5. The van der Waals surface area contributed by atoms with Crippen molar-refractivity contribution in [1.29, 1.82) is 0 Å². The third-order valence-corrected chi connectivity index (χ3v) is 3.23. The van der Waals surface area contributed by atoms with Crippen molar-refractivity contribution < 1.29 is 18.9 Å². The van der Waals surface area contributed by atoms with E-state index in [0.29, 0.717) is 39.6 Å². The number of ether oxygens (including phenoxy) is 4. The van der Waals surface area contributed by atoms with Crippen molar-refractivity contribution in [3.8, 4) is 16.9 Å². The molecule has 0 aliphatic rings. The fourth-order valence-electron chi connectivity index (χ4n) is 1.40. The molecule has 0 amide bonds. The SMILES string of the molecule is CC.COCCOCCOCCOc1ccc(C#CSI)cc1. The van der Waals surface area contributed by atoms with Gasteiger partial charge >= 0.3 is 0 Å². The fourth-order valence-corrected chi connectivity index (χ4v) is 1.88. The molecule has 0 unspecified atom stereocenters. The van der Waals surface area contributed by atoms with Crippen LogP contribution in [0, 0.1) is 11.2 Å². The van der Waals surface area contributed by atoms with Gasteiger partial charge in [0.15, 0.2) is 0 Å². The van der Waals surface area contributed by atoms with Gasteiger partial charge < -0.3 is 18.9 Å². The second kappa shape index (κ2) is 17.9. The third kappa shape index (κ3) is 13.7. The van der Waals surface area contributed by atoms with E-state index in [2.05, 4.69) is 32.4 Å². The van der Waals surface area contributed by atoms with Gasteiger partial charge in [-0.15, -0.1) is 0 Å². The topological polar surface area (TPSA) is 36.9 Å². The Labute approximate surface area is 156 Å². The van der Waals surface area contributed by atoms with E-state index in [0.717, 1.165) is 11.3 Å². The lowest BCUT2D eigenvalue weighted by molar-refractivity contribution is 0.0180. The second-order valence-electron chi connectivity index (χ2n) is 3.89. The highest BCUT2D eigenvalue weighted by Crippen LogP contribution is 2.12. The van der Waals surface area contributed by atoms with Crippen LogP contribution in [0.2, 0.25) is 0 Å². The monoisotopic (exact) mass is 452 g/mol. The standard InChI is InChI=1S/C15H19IO4S.C2H6/c1-17-7-8-18-9-10-19-11-12-20-15-4-2-14(3-5-15)6-13-21-16;1-2/h2-5H,7-12H2,1H3;1-2H3. The summed E-state index contributed by atoms with van der Waals surface area (Å²) < 4.78 is 21.1. The molecule has 0 bridgehead atoms. The van der Waals surface area contributed by atoms with Gasteiger partial charge in [0.1, 0.15) is 12.4 Å². The van der Waals surface area contributed by atoms with Gasteiger partial charge in [0.05, 0.1) is 33.0 Å². The van der Waals surface area contributed by atoms with Crippen molar-refractivity contribution in [2.24, 2.45) is 0 Å². The first-order valence-corrected chi connectivity index (χ1v) is 10.9. The molecule has 1 aromatic carbocycles. The molecule has 130 valence electrons. The molecule has 0 atom stereocenters. The highest BCUT2D eigenvalue weighted by atomic mass is 127. The number of rotatable bonds is 10. The van der Waals surface area contributed by atoms with Crippen LogP contribution in [0.25, 0.3) is 0 Å². The smallest absolute Gasteiger partial charge is 0.119 e. The maximum Gasteiger partial charge on any atom is 0.119 e. The number of hydrogen-bond acceptors (Lipinski definition) is 5. The maximum absolute atomic E-state index is 5.57. The molecule has 0 saturated carbocycles. The molecule has 0 radical (unpaired) electrons. The quantitative estimate of drug-likeness (QED) is 0.303. The summed E-state index contributed by atoms with van der Waals surface area (Å²) in [7, 11) is 3.12. The molecule has 0 saturated heterocycles. The highest BCUT2D eigenvalue weighted by molar-refractivity contribution is 14.2. The number of benzene rings is 1. The van der Waals surface area contributed by atoms with Crippen LogP contribution < -0.4 is 4.74 Å². The molecule has 0 N–H and O–H groups in total. The zero-order valence-corrected chi connectivity index (χ0v) is 16.9. The summed E-state index contributed by atoms with van der Waals surface area (Å²) in [5, 5.41) is 2.94. The minimum Gasteiger partial charge on any atom is -0.491 e. The first-order chi connectivity index (χ1) is 11.4. The van der Waals surface area contributed by atoms with Gasteiger partial charge in [0, 0.05) is 33.9 Å². The van der Waals surface area contributed by atoms with Gasteiger partial charge in [-0.25, -0.2) is 0 Å². The molecule has 23 heavy (non-hydrogen) atoms. The molecule has 1 rings (SSSR count). The maximum atomic E-state index is 5.57. The van der Waals surface area contributed by atoms with Crippen molar-refractivity contribution >= 4 is 30.1 Å². The molecule has 0 aliphatic heterocycles. The van der Waals surface area contributed by atoms with E-state index < -0.39 is 0 Å². The molecule has 0 aromatic heterocycles. The molecule has 0 aliphatic carbocycles.